The van der Waals surface area contributed by atoms with Crippen LogP contribution in [0.25, 0.3) is 0 Å². The van der Waals surface area contributed by atoms with Crippen molar-refractivity contribution < 1.29 is 9.90 Å². The third kappa shape index (κ3) is 4.05. The van der Waals surface area contributed by atoms with Crippen molar-refractivity contribution >= 4 is 5.91 Å². The molecule has 1 fully saturated rings. The van der Waals surface area contributed by atoms with E-state index in [1.165, 1.54) is 25.7 Å². The van der Waals surface area contributed by atoms with Crippen LogP contribution in [0.1, 0.15) is 37.4 Å². The van der Waals surface area contributed by atoms with Crippen molar-refractivity contribution in [2.24, 2.45) is 0 Å². The Morgan fingerprint density at radius 3 is 2.65 bits per heavy atom. The van der Waals surface area contributed by atoms with Crippen LogP contribution in [0.2, 0.25) is 0 Å². The summed E-state index contributed by atoms with van der Waals surface area (Å²) < 4.78 is 0. The molecule has 110 valence electrons. The van der Waals surface area contributed by atoms with E-state index in [0.717, 1.165) is 6.54 Å². The highest BCUT2D eigenvalue weighted by atomic mass is 16.3. The standard InChI is InChI=1S/C16H24N2O2/c1-18(14-9-5-6-10-14)12-11-17-16(20)15(19)13-7-3-2-4-8-13/h2-4,7-8,14-15,19H,5-6,9-12H2,1H3,(H,17,20). The first-order valence-corrected chi connectivity index (χ1v) is 7.39. The highest BCUT2D eigenvalue weighted by Gasteiger charge is 2.20. The maximum atomic E-state index is 11.9. The van der Waals surface area contributed by atoms with Gasteiger partial charge in [-0.05, 0) is 25.5 Å². The molecule has 0 bridgehead atoms. The summed E-state index contributed by atoms with van der Waals surface area (Å²) in [6.07, 6.45) is 4.07. The van der Waals surface area contributed by atoms with E-state index in [4.69, 9.17) is 0 Å². The largest absolute Gasteiger partial charge is 0.378 e. The van der Waals surface area contributed by atoms with Crippen LogP contribution in [0.3, 0.4) is 0 Å². The number of carbonyl (C=O) groups excluding carboxylic acids is 1. The Hall–Kier alpha value is -1.39. The summed E-state index contributed by atoms with van der Waals surface area (Å²) in [5, 5.41) is 12.7. The molecule has 4 nitrogen and oxygen atoms in total. The van der Waals surface area contributed by atoms with Crippen molar-refractivity contribution in [2.75, 3.05) is 20.1 Å². The van der Waals surface area contributed by atoms with Gasteiger partial charge >= 0.3 is 0 Å². The molecule has 20 heavy (non-hydrogen) atoms. The minimum Gasteiger partial charge on any atom is -0.378 e. The van der Waals surface area contributed by atoms with Crippen LogP contribution >= 0.6 is 0 Å². The molecule has 0 spiro atoms. The van der Waals surface area contributed by atoms with Gasteiger partial charge in [-0.3, -0.25) is 4.79 Å². The number of nitrogens with one attached hydrogen (secondary N) is 1. The SMILES string of the molecule is CN(CCNC(=O)C(O)c1ccccc1)C1CCCC1. The highest BCUT2D eigenvalue weighted by molar-refractivity contribution is 5.81. The van der Waals surface area contributed by atoms with E-state index in [-0.39, 0.29) is 5.91 Å². The Balaban J connectivity index is 1.72. The van der Waals surface area contributed by atoms with Crippen molar-refractivity contribution in [3.63, 3.8) is 0 Å². The lowest BCUT2D eigenvalue weighted by Crippen LogP contribution is -2.38. The molecule has 1 unspecified atom stereocenters. The van der Waals surface area contributed by atoms with E-state index in [2.05, 4.69) is 17.3 Å². The molecule has 1 amide bonds. The molecular formula is C16H24N2O2. The fraction of sp³-hybridized carbons (Fsp3) is 0.562. The molecule has 0 heterocycles. The first-order chi connectivity index (χ1) is 9.68. The minimum atomic E-state index is -1.08. The lowest BCUT2D eigenvalue weighted by Gasteiger charge is -2.24. The molecule has 1 aromatic carbocycles. The number of likely N-dealkylation sites (N-methyl/N-ethyl adjacent to an activating group) is 1. The molecule has 0 aliphatic heterocycles. The third-order valence-corrected chi connectivity index (χ3v) is 4.08. The van der Waals surface area contributed by atoms with E-state index in [0.29, 0.717) is 18.2 Å². The van der Waals surface area contributed by atoms with Crippen LogP contribution in [0.5, 0.6) is 0 Å². The van der Waals surface area contributed by atoms with Gasteiger partial charge in [-0.25, -0.2) is 0 Å². The van der Waals surface area contributed by atoms with E-state index < -0.39 is 6.10 Å². The number of benzene rings is 1. The molecule has 4 heteroatoms. The third-order valence-electron chi connectivity index (χ3n) is 4.08. The number of rotatable bonds is 6. The molecule has 0 radical (unpaired) electrons. The molecule has 1 atom stereocenters. The number of hydrogen-bond acceptors (Lipinski definition) is 3. The van der Waals surface area contributed by atoms with Crippen molar-refractivity contribution in [2.45, 2.75) is 37.8 Å². The summed E-state index contributed by atoms with van der Waals surface area (Å²) in [5.74, 6) is -0.323. The van der Waals surface area contributed by atoms with Gasteiger partial charge in [0, 0.05) is 19.1 Å². The second kappa shape index (κ2) is 7.41. The fourth-order valence-electron chi connectivity index (χ4n) is 2.77. The quantitative estimate of drug-likeness (QED) is 0.831. The Kier molecular flexibility index (Phi) is 5.56. The predicted octanol–water partition coefficient (Wildman–Crippen LogP) is 1.71. The Morgan fingerprint density at radius 2 is 2.00 bits per heavy atom. The molecule has 0 aromatic heterocycles. The van der Waals surface area contributed by atoms with Gasteiger partial charge in [0.1, 0.15) is 0 Å². The summed E-state index contributed by atoms with van der Waals surface area (Å²) in [6, 6.07) is 9.68. The highest BCUT2D eigenvalue weighted by Crippen LogP contribution is 2.21. The number of aliphatic hydroxyl groups excluding tert-OH is 1. The van der Waals surface area contributed by atoms with Crippen LogP contribution in [-0.2, 0) is 4.79 Å². The second-order valence-electron chi connectivity index (χ2n) is 5.52. The molecule has 1 aromatic rings. The topological polar surface area (TPSA) is 52.6 Å². The summed E-state index contributed by atoms with van der Waals surface area (Å²) in [4.78, 5) is 14.2. The molecule has 1 aliphatic rings. The Morgan fingerprint density at radius 1 is 1.35 bits per heavy atom. The van der Waals surface area contributed by atoms with Gasteiger partial charge in [0.25, 0.3) is 5.91 Å². The van der Waals surface area contributed by atoms with Gasteiger partial charge < -0.3 is 15.3 Å². The number of nitrogens with zero attached hydrogens (tertiary/aromatic N) is 1. The lowest BCUT2D eigenvalue weighted by atomic mass is 10.1. The number of amides is 1. The number of carbonyl (C=O) groups is 1. The van der Waals surface area contributed by atoms with E-state index in [9.17, 15) is 9.90 Å². The number of aliphatic hydroxyl groups is 1. The predicted molar refractivity (Wildman–Crippen MR) is 79.3 cm³/mol. The van der Waals surface area contributed by atoms with E-state index >= 15 is 0 Å². The van der Waals surface area contributed by atoms with E-state index in [1.807, 2.05) is 18.2 Å². The van der Waals surface area contributed by atoms with Crippen molar-refractivity contribution in [1.29, 1.82) is 0 Å². The molecule has 1 saturated carbocycles. The normalized spacial score (nSPS) is 17.4. The zero-order chi connectivity index (χ0) is 14.4. The number of hydrogen-bond donors (Lipinski definition) is 2. The molecule has 0 saturated heterocycles. The zero-order valence-electron chi connectivity index (χ0n) is 12.1. The molecule has 2 rings (SSSR count). The first kappa shape index (κ1) is 15.0. The van der Waals surface area contributed by atoms with E-state index in [1.54, 1.807) is 12.1 Å². The van der Waals surface area contributed by atoms with Crippen molar-refractivity contribution in [3.8, 4) is 0 Å². The van der Waals surface area contributed by atoms with Gasteiger partial charge in [0.2, 0.25) is 0 Å². The molecule has 1 aliphatic carbocycles. The van der Waals surface area contributed by atoms with Crippen LogP contribution in [-0.4, -0.2) is 42.1 Å². The van der Waals surface area contributed by atoms with Gasteiger partial charge in [0.15, 0.2) is 6.10 Å². The summed E-state index contributed by atoms with van der Waals surface area (Å²) in [5.41, 5.74) is 0.633. The summed E-state index contributed by atoms with van der Waals surface area (Å²) in [6.45, 7) is 1.41. The summed E-state index contributed by atoms with van der Waals surface area (Å²) in [7, 11) is 2.11. The Labute approximate surface area is 120 Å². The van der Waals surface area contributed by atoms with Crippen LogP contribution < -0.4 is 5.32 Å². The van der Waals surface area contributed by atoms with Gasteiger partial charge in [-0.2, -0.15) is 0 Å². The van der Waals surface area contributed by atoms with Crippen LogP contribution in [0, 0.1) is 0 Å². The monoisotopic (exact) mass is 276 g/mol. The zero-order valence-corrected chi connectivity index (χ0v) is 12.1. The van der Waals surface area contributed by atoms with Crippen molar-refractivity contribution in [3.05, 3.63) is 35.9 Å². The van der Waals surface area contributed by atoms with Gasteiger partial charge in [0.05, 0.1) is 0 Å². The average Bonchev–Trinajstić information content (AvgIpc) is 3.01. The average molecular weight is 276 g/mol. The maximum Gasteiger partial charge on any atom is 0.253 e. The second-order valence-corrected chi connectivity index (χ2v) is 5.52. The fourth-order valence-corrected chi connectivity index (χ4v) is 2.77. The molecule has 2 N–H and O–H groups in total. The van der Waals surface area contributed by atoms with Crippen molar-refractivity contribution in [1.82, 2.24) is 10.2 Å². The lowest BCUT2D eigenvalue weighted by molar-refractivity contribution is -0.129. The maximum absolute atomic E-state index is 11.9. The van der Waals surface area contributed by atoms with Crippen LogP contribution in [0.4, 0.5) is 0 Å². The smallest absolute Gasteiger partial charge is 0.253 e. The first-order valence-electron chi connectivity index (χ1n) is 7.39. The van der Waals surface area contributed by atoms with Gasteiger partial charge in [-0.15, -0.1) is 0 Å². The summed E-state index contributed by atoms with van der Waals surface area (Å²) >= 11 is 0. The molecular weight excluding hydrogens is 252 g/mol. The van der Waals surface area contributed by atoms with Gasteiger partial charge in [-0.1, -0.05) is 43.2 Å². The van der Waals surface area contributed by atoms with Crippen LogP contribution in [0.15, 0.2) is 30.3 Å². The minimum absolute atomic E-state index is 0.323. The Bertz CT molecular complexity index is 416.